The van der Waals surface area contributed by atoms with Crippen LogP contribution in [0.1, 0.15) is 23.0 Å². The predicted molar refractivity (Wildman–Crippen MR) is 71.8 cm³/mol. The minimum Gasteiger partial charge on any atom is -0.467 e. The number of hydrogen-bond donors (Lipinski definition) is 1. The van der Waals surface area contributed by atoms with Gasteiger partial charge in [0, 0.05) is 6.07 Å². The maximum absolute atomic E-state index is 13.0. The van der Waals surface area contributed by atoms with Gasteiger partial charge in [-0.2, -0.15) is 0 Å². The van der Waals surface area contributed by atoms with E-state index in [1.54, 1.807) is 12.1 Å². The molecule has 0 saturated carbocycles. The van der Waals surface area contributed by atoms with E-state index >= 15 is 0 Å². The Kier molecular flexibility index (Phi) is 4.88. The zero-order chi connectivity index (χ0) is 16.1. The van der Waals surface area contributed by atoms with Gasteiger partial charge < -0.3 is 14.5 Å². The van der Waals surface area contributed by atoms with E-state index in [1.807, 2.05) is 0 Å². The maximum atomic E-state index is 13.0. The first kappa shape index (κ1) is 15.7. The van der Waals surface area contributed by atoms with E-state index in [-0.39, 0.29) is 12.1 Å². The number of rotatable bonds is 5. The van der Waals surface area contributed by atoms with Gasteiger partial charge in [0.15, 0.2) is 6.10 Å². The maximum Gasteiger partial charge on any atom is 0.339 e. The summed E-state index contributed by atoms with van der Waals surface area (Å²) in [6, 6.07) is 5.64. The zero-order valence-corrected chi connectivity index (χ0v) is 11.6. The lowest BCUT2D eigenvalue weighted by atomic mass is 10.2. The van der Waals surface area contributed by atoms with Crippen LogP contribution in [-0.4, -0.2) is 18.0 Å². The average Bonchev–Trinajstić information content (AvgIpc) is 2.96. The van der Waals surface area contributed by atoms with Crippen molar-refractivity contribution in [2.45, 2.75) is 19.6 Å². The van der Waals surface area contributed by atoms with Gasteiger partial charge in [0.05, 0.1) is 18.4 Å². The van der Waals surface area contributed by atoms with Crippen LogP contribution in [-0.2, 0) is 16.1 Å². The number of halogens is 2. The molecular weight excluding hydrogens is 296 g/mol. The number of esters is 1. The summed E-state index contributed by atoms with van der Waals surface area (Å²) in [4.78, 5) is 23.5. The van der Waals surface area contributed by atoms with E-state index in [9.17, 15) is 18.4 Å². The summed E-state index contributed by atoms with van der Waals surface area (Å²) >= 11 is 0. The molecule has 116 valence electrons. The van der Waals surface area contributed by atoms with Gasteiger partial charge in [-0.1, -0.05) is 0 Å². The molecule has 22 heavy (non-hydrogen) atoms. The highest BCUT2D eigenvalue weighted by Crippen LogP contribution is 2.10. The highest BCUT2D eigenvalue weighted by Gasteiger charge is 2.19. The van der Waals surface area contributed by atoms with Crippen molar-refractivity contribution in [3.05, 3.63) is 59.6 Å². The van der Waals surface area contributed by atoms with Crippen LogP contribution in [0.2, 0.25) is 0 Å². The normalized spacial score (nSPS) is 11.8. The van der Waals surface area contributed by atoms with Gasteiger partial charge in [-0.15, -0.1) is 0 Å². The smallest absolute Gasteiger partial charge is 0.339 e. The Bertz CT molecular complexity index is 650. The molecule has 0 unspecified atom stereocenters. The number of carbonyl (C=O) groups is 2. The van der Waals surface area contributed by atoms with Crippen LogP contribution in [0, 0.1) is 11.6 Å². The van der Waals surface area contributed by atoms with Crippen LogP contribution < -0.4 is 5.32 Å². The molecule has 2 aromatic rings. The van der Waals surface area contributed by atoms with Crippen LogP contribution in [0.3, 0.4) is 0 Å². The first-order valence-electron chi connectivity index (χ1n) is 6.43. The number of benzene rings is 1. The Labute approximate surface area is 124 Å². The second-order valence-corrected chi connectivity index (χ2v) is 4.50. The molecule has 0 radical (unpaired) electrons. The lowest BCUT2D eigenvalue weighted by molar-refractivity contribution is -0.129. The monoisotopic (exact) mass is 309 g/mol. The van der Waals surface area contributed by atoms with E-state index in [2.05, 4.69) is 5.32 Å². The van der Waals surface area contributed by atoms with Crippen molar-refractivity contribution in [1.29, 1.82) is 0 Å². The molecule has 0 aliphatic rings. The first-order chi connectivity index (χ1) is 10.5. The standard InChI is InChI=1S/C15H13F2NO4/c1-9(14(19)18-8-13-3-2-4-21-13)22-15(20)10-5-11(16)7-12(17)6-10/h2-7,9H,8H2,1H3,(H,18,19)/t9-/m0/s1. The molecule has 2 rings (SSSR count). The minimum atomic E-state index is -1.12. The topological polar surface area (TPSA) is 68.5 Å². The summed E-state index contributed by atoms with van der Waals surface area (Å²) in [5.41, 5.74) is -0.303. The zero-order valence-electron chi connectivity index (χ0n) is 11.6. The molecule has 0 fully saturated rings. The fourth-order valence-corrected chi connectivity index (χ4v) is 1.68. The van der Waals surface area contributed by atoms with Crippen LogP contribution in [0.15, 0.2) is 41.0 Å². The molecule has 1 aromatic heterocycles. The highest BCUT2D eigenvalue weighted by molar-refractivity contribution is 5.92. The Balaban J connectivity index is 1.91. The van der Waals surface area contributed by atoms with Crippen LogP contribution in [0.5, 0.6) is 0 Å². The fourth-order valence-electron chi connectivity index (χ4n) is 1.68. The summed E-state index contributed by atoms with van der Waals surface area (Å²) < 4.78 is 35.9. The summed E-state index contributed by atoms with van der Waals surface area (Å²) in [7, 11) is 0. The highest BCUT2D eigenvalue weighted by atomic mass is 19.1. The number of nitrogens with one attached hydrogen (secondary N) is 1. The van der Waals surface area contributed by atoms with Crippen molar-refractivity contribution < 1.29 is 27.5 Å². The second-order valence-electron chi connectivity index (χ2n) is 4.50. The number of ether oxygens (including phenoxy) is 1. The number of carbonyl (C=O) groups excluding carboxylic acids is 2. The Morgan fingerprint density at radius 3 is 2.55 bits per heavy atom. The molecular formula is C15H13F2NO4. The van der Waals surface area contributed by atoms with Crippen molar-refractivity contribution in [2.24, 2.45) is 0 Å². The summed E-state index contributed by atoms with van der Waals surface area (Å²) in [6.07, 6.45) is 0.345. The summed E-state index contributed by atoms with van der Waals surface area (Å²) in [5.74, 6) is -2.80. The van der Waals surface area contributed by atoms with Crippen molar-refractivity contribution in [3.8, 4) is 0 Å². The molecule has 1 heterocycles. The van der Waals surface area contributed by atoms with E-state index in [1.165, 1.54) is 13.2 Å². The molecule has 7 heteroatoms. The molecule has 1 amide bonds. The molecule has 1 atom stereocenters. The third-order valence-electron chi connectivity index (χ3n) is 2.77. The van der Waals surface area contributed by atoms with E-state index in [4.69, 9.17) is 9.15 Å². The lowest BCUT2D eigenvalue weighted by Gasteiger charge is -2.13. The van der Waals surface area contributed by atoms with E-state index < -0.39 is 29.6 Å². The van der Waals surface area contributed by atoms with Crippen LogP contribution in [0.4, 0.5) is 8.78 Å². The number of amides is 1. The minimum absolute atomic E-state index is 0.141. The van der Waals surface area contributed by atoms with Gasteiger partial charge in [0.25, 0.3) is 5.91 Å². The molecule has 0 spiro atoms. The van der Waals surface area contributed by atoms with E-state index in [0.29, 0.717) is 11.8 Å². The molecule has 1 aromatic carbocycles. The molecule has 0 aliphatic carbocycles. The third-order valence-corrected chi connectivity index (χ3v) is 2.77. The van der Waals surface area contributed by atoms with Crippen molar-refractivity contribution in [3.63, 3.8) is 0 Å². The van der Waals surface area contributed by atoms with Crippen LogP contribution >= 0.6 is 0 Å². The lowest BCUT2D eigenvalue weighted by Crippen LogP contribution is -2.35. The molecule has 0 aliphatic heterocycles. The first-order valence-corrected chi connectivity index (χ1v) is 6.43. The predicted octanol–water partition coefficient (Wildman–Crippen LogP) is 2.42. The van der Waals surface area contributed by atoms with E-state index in [0.717, 1.165) is 12.1 Å². The SMILES string of the molecule is C[C@H](OC(=O)c1cc(F)cc(F)c1)C(=O)NCc1ccco1. The third kappa shape index (κ3) is 4.15. The number of furan rings is 1. The Morgan fingerprint density at radius 1 is 1.27 bits per heavy atom. The largest absolute Gasteiger partial charge is 0.467 e. The second kappa shape index (κ2) is 6.84. The van der Waals surface area contributed by atoms with Gasteiger partial charge in [0.2, 0.25) is 0 Å². The van der Waals surface area contributed by atoms with Gasteiger partial charge in [-0.05, 0) is 31.2 Å². The van der Waals surface area contributed by atoms with Crippen molar-refractivity contribution >= 4 is 11.9 Å². The summed E-state index contributed by atoms with van der Waals surface area (Å²) in [5, 5.41) is 2.51. The van der Waals surface area contributed by atoms with Crippen molar-refractivity contribution in [1.82, 2.24) is 5.32 Å². The number of hydrogen-bond acceptors (Lipinski definition) is 4. The quantitative estimate of drug-likeness (QED) is 0.861. The average molecular weight is 309 g/mol. The molecule has 0 bridgehead atoms. The van der Waals surface area contributed by atoms with Crippen molar-refractivity contribution in [2.75, 3.05) is 0 Å². The molecule has 5 nitrogen and oxygen atoms in total. The van der Waals surface area contributed by atoms with Gasteiger partial charge in [0.1, 0.15) is 17.4 Å². The van der Waals surface area contributed by atoms with Gasteiger partial charge >= 0.3 is 5.97 Å². The van der Waals surface area contributed by atoms with Crippen LogP contribution in [0.25, 0.3) is 0 Å². The van der Waals surface area contributed by atoms with Gasteiger partial charge in [-0.3, -0.25) is 4.79 Å². The van der Waals surface area contributed by atoms with Gasteiger partial charge in [-0.25, -0.2) is 13.6 Å². The summed E-state index contributed by atoms with van der Waals surface area (Å²) in [6.45, 7) is 1.49. The molecule has 1 N–H and O–H groups in total. The molecule has 0 saturated heterocycles. The Hall–Kier alpha value is -2.70. The Morgan fingerprint density at radius 2 is 1.95 bits per heavy atom. The fraction of sp³-hybridized carbons (Fsp3) is 0.200.